The van der Waals surface area contributed by atoms with Crippen LogP contribution in [0.3, 0.4) is 0 Å². The van der Waals surface area contributed by atoms with Crippen LogP contribution in [0.5, 0.6) is 0 Å². The van der Waals surface area contributed by atoms with E-state index in [-0.39, 0.29) is 11.9 Å². The monoisotopic (exact) mass is 246 g/mol. The SMILES string of the molecule is CC(C)CCN1Cc2ccccc2C[C@H]1C(N)=O. The number of fused-ring (bicyclic) bond motifs is 1. The minimum atomic E-state index is -0.201. The van der Waals surface area contributed by atoms with Gasteiger partial charge in [-0.2, -0.15) is 0 Å². The molecule has 0 spiro atoms. The summed E-state index contributed by atoms with van der Waals surface area (Å²) < 4.78 is 0. The van der Waals surface area contributed by atoms with Gasteiger partial charge in [0.25, 0.3) is 0 Å². The second kappa shape index (κ2) is 5.53. The van der Waals surface area contributed by atoms with Gasteiger partial charge in [0.2, 0.25) is 5.91 Å². The molecule has 1 aliphatic heterocycles. The molecule has 18 heavy (non-hydrogen) atoms. The van der Waals surface area contributed by atoms with E-state index in [0.717, 1.165) is 25.9 Å². The lowest BCUT2D eigenvalue weighted by molar-refractivity contribution is -0.123. The quantitative estimate of drug-likeness (QED) is 0.882. The first-order valence-electron chi connectivity index (χ1n) is 6.68. The van der Waals surface area contributed by atoms with Crippen LogP contribution in [-0.2, 0) is 17.8 Å². The number of hydrogen-bond acceptors (Lipinski definition) is 2. The Hall–Kier alpha value is -1.35. The van der Waals surface area contributed by atoms with Crippen molar-refractivity contribution in [3.8, 4) is 0 Å². The molecule has 0 aliphatic carbocycles. The van der Waals surface area contributed by atoms with E-state index in [1.54, 1.807) is 0 Å². The average molecular weight is 246 g/mol. The first-order chi connectivity index (χ1) is 8.58. The fraction of sp³-hybridized carbons (Fsp3) is 0.533. The molecule has 2 rings (SSSR count). The van der Waals surface area contributed by atoms with Crippen molar-refractivity contribution >= 4 is 5.91 Å². The van der Waals surface area contributed by atoms with Crippen LogP contribution < -0.4 is 5.73 Å². The molecule has 1 aliphatic rings. The summed E-state index contributed by atoms with van der Waals surface area (Å²) in [5, 5.41) is 0. The number of carbonyl (C=O) groups excluding carboxylic acids is 1. The third-order valence-corrected chi connectivity index (χ3v) is 3.67. The van der Waals surface area contributed by atoms with Crippen molar-refractivity contribution in [3.05, 3.63) is 35.4 Å². The number of amides is 1. The van der Waals surface area contributed by atoms with E-state index in [0.29, 0.717) is 5.92 Å². The number of hydrogen-bond donors (Lipinski definition) is 1. The lowest BCUT2D eigenvalue weighted by atomic mass is 9.93. The highest BCUT2D eigenvalue weighted by Crippen LogP contribution is 2.23. The highest BCUT2D eigenvalue weighted by molar-refractivity contribution is 5.80. The molecule has 0 aromatic heterocycles. The molecule has 2 N–H and O–H groups in total. The lowest BCUT2D eigenvalue weighted by Gasteiger charge is -2.35. The zero-order valence-corrected chi connectivity index (χ0v) is 11.2. The third-order valence-electron chi connectivity index (χ3n) is 3.67. The van der Waals surface area contributed by atoms with E-state index in [4.69, 9.17) is 5.73 Å². The van der Waals surface area contributed by atoms with Crippen LogP contribution in [-0.4, -0.2) is 23.4 Å². The second-order valence-corrected chi connectivity index (χ2v) is 5.54. The zero-order chi connectivity index (χ0) is 13.1. The molecule has 1 amide bonds. The maximum atomic E-state index is 11.6. The number of carbonyl (C=O) groups is 1. The van der Waals surface area contributed by atoms with Gasteiger partial charge in [0.1, 0.15) is 0 Å². The first-order valence-corrected chi connectivity index (χ1v) is 6.68. The molecule has 98 valence electrons. The smallest absolute Gasteiger partial charge is 0.235 e. The van der Waals surface area contributed by atoms with Crippen LogP contribution in [0, 0.1) is 5.92 Å². The Balaban J connectivity index is 2.15. The van der Waals surface area contributed by atoms with Crippen LogP contribution in [0.2, 0.25) is 0 Å². The van der Waals surface area contributed by atoms with Crippen molar-refractivity contribution in [2.45, 2.75) is 39.3 Å². The minimum absolute atomic E-state index is 0.140. The molecule has 0 fully saturated rings. The summed E-state index contributed by atoms with van der Waals surface area (Å²) in [6, 6.07) is 8.20. The normalized spacial score (nSPS) is 19.8. The van der Waals surface area contributed by atoms with Crippen LogP contribution in [0.4, 0.5) is 0 Å². The Bertz CT molecular complexity index is 428. The van der Waals surface area contributed by atoms with Crippen molar-refractivity contribution in [2.75, 3.05) is 6.54 Å². The van der Waals surface area contributed by atoms with Crippen LogP contribution in [0.25, 0.3) is 0 Å². The summed E-state index contributed by atoms with van der Waals surface area (Å²) in [4.78, 5) is 13.8. The second-order valence-electron chi connectivity index (χ2n) is 5.54. The summed E-state index contributed by atoms with van der Waals surface area (Å²) in [6.45, 7) is 6.20. The molecule has 3 heteroatoms. The van der Waals surface area contributed by atoms with Crippen LogP contribution in [0.1, 0.15) is 31.4 Å². The Kier molecular flexibility index (Phi) is 4.02. The van der Waals surface area contributed by atoms with Crippen LogP contribution in [0.15, 0.2) is 24.3 Å². The molecule has 0 saturated heterocycles. The largest absolute Gasteiger partial charge is 0.368 e. The molecular formula is C15H22N2O. The number of nitrogens with zero attached hydrogens (tertiary/aromatic N) is 1. The van der Waals surface area contributed by atoms with E-state index < -0.39 is 0 Å². The Labute approximate surface area is 109 Å². The number of rotatable bonds is 4. The molecule has 0 bridgehead atoms. The highest BCUT2D eigenvalue weighted by atomic mass is 16.1. The van der Waals surface area contributed by atoms with Gasteiger partial charge in [0, 0.05) is 6.54 Å². The lowest BCUT2D eigenvalue weighted by Crippen LogP contribution is -2.48. The van der Waals surface area contributed by atoms with Crippen molar-refractivity contribution < 1.29 is 4.79 Å². The van der Waals surface area contributed by atoms with E-state index in [1.165, 1.54) is 11.1 Å². The van der Waals surface area contributed by atoms with E-state index in [1.807, 2.05) is 6.07 Å². The van der Waals surface area contributed by atoms with Crippen molar-refractivity contribution in [3.63, 3.8) is 0 Å². The number of nitrogens with two attached hydrogens (primary N) is 1. The predicted molar refractivity (Wildman–Crippen MR) is 73.0 cm³/mol. The number of primary amides is 1. The standard InChI is InChI=1S/C15H22N2O/c1-11(2)7-8-17-10-13-6-4-3-5-12(13)9-14(17)15(16)18/h3-6,11,14H,7-10H2,1-2H3,(H2,16,18)/t14-/m0/s1. The van der Waals surface area contributed by atoms with Gasteiger partial charge in [0.15, 0.2) is 0 Å². The molecule has 0 radical (unpaired) electrons. The molecule has 0 saturated carbocycles. The van der Waals surface area contributed by atoms with Gasteiger partial charge in [-0.15, -0.1) is 0 Å². The van der Waals surface area contributed by atoms with Gasteiger partial charge in [-0.05, 0) is 36.4 Å². The van der Waals surface area contributed by atoms with Crippen molar-refractivity contribution in [1.29, 1.82) is 0 Å². The summed E-state index contributed by atoms with van der Waals surface area (Å²) in [7, 11) is 0. The molecule has 0 unspecified atom stereocenters. The molecular weight excluding hydrogens is 224 g/mol. The summed E-state index contributed by atoms with van der Waals surface area (Å²) in [6.07, 6.45) is 1.86. The van der Waals surface area contributed by atoms with Crippen molar-refractivity contribution in [2.24, 2.45) is 11.7 Å². The molecule has 1 aromatic carbocycles. The topological polar surface area (TPSA) is 46.3 Å². The molecule has 3 nitrogen and oxygen atoms in total. The summed E-state index contributed by atoms with van der Waals surface area (Å²) >= 11 is 0. The molecule has 1 heterocycles. The van der Waals surface area contributed by atoms with E-state index in [9.17, 15) is 4.79 Å². The Morgan fingerprint density at radius 1 is 1.39 bits per heavy atom. The highest BCUT2D eigenvalue weighted by Gasteiger charge is 2.29. The number of benzene rings is 1. The van der Waals surface area contributed by atoms with Crippen LogP contribution >= 0.6 is 0 Å². The average Bonchev–Trinajstić information content (AvgIpc) is 2.35. The maximum Gasteiger partial charge on any atom is 0.235 e. The fourth-order valence-corrected chi connectivity index (χ4v) is 2.52. The van der Waals surface area contributed by atoms with E-state index in [2.05, 4.69) is 36.9 Å². The third kappa shape index (κ3) is 2.91. The van der Waals surface area contributed by atoms with Gasteiger partial charge in [0.05, 0.1) is 6.04 Å². The fourth-order valence-electron chi connectivity index (χ4n) is 2.52. The minimum Gasteiger partial charge on any atom is -0.368 e. The summed E-state index contributed by atoms with van der Waals surface area (Å²) in [5.41, 5.74) is 8.14. The van der Waals surface area contributed by atoms with Gasteiger partial charge < -0.3 is 5.73 Å². The van der Waals surface area contributed by atoms with Gasteiger partial charge in [-0.3, -0.25) is 9.69 Å². The van der Waals surface area contributed by atoms with Gasteiger partial charge in [-0.1, -0.05) is 38.1 Å². The Morgan fingerprint density at radius 3 is 2.67 bits per heavy atom. The van der Waals surface area contributed by atoms with Gasteiger partial charge in [-0.25, -0.2) is 0 Å². The van der Waals surface area contributed by atoms with Crippen molar-refractivity contribution in [1.82, 2.24) is 4.90 Å². The maximum absolute atomic E-state index is 11.6. The molecule has 1 aromatic rings. The molecule has 1 atom stereocenters. The predicted octanol–water partition coefficient (Wildman–Crippen LogP) is 1.94. The zero-order valence-electron chi connectivity index (χ0n) is 11.2. The Morgan fingerprint density at radius 2 is 2.06 bits per heavy atom. The van der Waals surface area contributed by atoms with Gasteiger partial charge >= 0.3 is 0 Å². The first kappa shape index (κ1) is 13.1. The summed E-state index contributed by atoms with van der Waals surface area (Å²) in [5.74, 6) is 0.448. The van der Waals surface area contributed by atoms with E-state index >= 15 is 0 Å².